The van der Waals surface area contributed by atoms with Gasteiger partial charge in [-0.3, -0.25) is 0 Å². The second kappa shape index (κ2) is 16.7. The molecule has 0 aliphatic heterocycles. The van der Waals surface area contributed by atoms with Gasteiger partial charge in [-0.2, -0.15) is 0 Å². The van der Waals surface area contributed by atoms with Crippen LogP contribution in [0.5, 0.6) is 0 Å². The fourth-order valence-corrected chi connectivity index (χ4v) is 11.0. The van der Waals surface area contributed by atoms with Gasteiger partial charge in [-0.1, -0.05) is 158 Å². The highest BCUT2D eigenvalue weighted by molar-refractivity contribution is 6.13. The van der Waals surface area contributed by atoms with Gasteiger partial charge in [-0.15, -0.1) is 0 Å². The molecule has 2 heterocycles. The first kappa shape index (κ1) is 40.6. The summed E-state index contributed by atoms with van der Waals surface area (Å²) in [6.45, 7) is 0. The number of fused-ring (bicyclic) bond motifs is 8. The van der Waals surface area contributed by atoms with Crippen LogP contribution in [0.1, 0.15) is 0 Å². The maximum Gasteiger partial charge on any atom is 0.0541 e. The molecule has 71 heavy (non-hydrogen) atoms. The molecule has 0 radical (unpaired) electrons. The van der Waals surface area contributed by atoms with Crippen molar-refractivity contribution < 1.29 is 0 Å². The molecule has 0 saturated heterocycles. The standard InChI is InChI=1S/C68H45N3/c1-3-17-56(18-4-1)69(58-32-27-48(28-33-58)53-29-38-66-62(43-53)61-21-11-12-22-65(61)70(66)57-19-5-2-6-20-57)59-34-36-60(37-35-59)71-67-39-30-54(51-25-23-46-13-7-9-15-49(46)41-51)44-63(67)64-45-55(31-40-68(64)71)52-26-24-47-14-8-10-16-50(47)42-52/h1-45H. The Kier molecular flexibility index (Phi) is 9.53. The molecule has 332 valence electrons. The first-order valence-corrected chi connectivity index (χ1v) is 24.4. The zero-order valence-corrected chi connectivity index (χ0v) is 38.8. The van der Waals surface area contributed by atoms with Crippen LogP contribution in [0, 0.1) is 0 Å². The highest BCUT2D eigenvalue weighted by Crippen LogP contribution is 2.41. The lowest BCUT2D eigenvalue weighted by Gasteiger charge is -2.26. The van der Waals surface area contributed by atoms with E-state index in [4.69, 9.17) is 0 Å². The van der Waals surface area contributed by atoms with Crippen LogP contribution in [0.25, 0.3) is 110 Å². The Hall–Kier alpha value is -9.44. The first-order chi connectivity index (χ1) is 35.2. The van der Waals surface area contributed by atoms with Gasteiger partial charge in [-0.25, -0.2) is 0 Å². The van der Waals surface area contributed by atoms with E-state index in [9.17, 15) is 0 Å². The summed E-state index contributed by atoms with van der Waals surface area (Å²) in [5.74, 6) is 0. The van der Waals surface area contributed by atoms with Crippen LogP contribution in [-0.2, 0) is 0 Å². The van der Waals surface area contributed by atoms with Crippen LogP contribution >= 0.6 is 0 Å². The topological polar surface area (TPSA) is 13.1 Å². The third-order valence-corrected chi connectivity index (χ3v) is 14.5. The molecule has 3 nitrogen and oxygen atoms in total. The van der Waals surface area contributed by atoms with Crippen molar-refractivity contribution in [1.29, 1.82) is 0 Å². The average Bonchev–Trinajstić information content (AvgIpc) is 3.96. The smallest absolute Gasteiger partial charge is 0.0541 e. The monoisotopic (exact) mass is 903 g/mol. The maximum absolute atomic E-state index is 2.43. The van der Waals surface area contributed by atoms with Gasteiger partial charge in [0.05, 0.1) is 22.1 Å². The van der Waals surface area contributed by atoms with E-state index in [-0.39, 0.29) is 0 Å². The van der Waals surface area contributed by atoms with Crippen LogP contribution in [0.4, 0.5) is 17.1 Å². The van der Waals surface area contributed by atoms with E-state index in [0.717, 1.165) is 28.4 Å². The van der Waals surface area contributed by atoms with E-state index in [2.05, 4.69) is 287 Å². The summed E-state index contributed by atoms with van der Waals surface area (Å²) in [6, 6.07) is 99.8. The molecule has 2 aromatic heterocycles. The van der Waals surface area contributed by atoms with E-state index in [0.29, 0.717) is 0 Å². The van der Waals surface area contributed by atoms with Crippen molar-refractivity contribution >= 4 is 82.2 Å². The molecule has 14 aromatic rings. The zero-order chi connectivity index (χ0) is 46.8. The summed E-state index contributed by atoms with van der Waals surface area (Å²) in [4.78, 5) is 2.35. The molecular formula is C68H45N3. The van der Waals surface area contributed by atoms with Crippen LogP contribution in [-0.4, -0.2) is 9.13 Å². The van der Waals surface area contributed by atoms with Crippen LogP contribution < -0.4 is 4.90 Å². The zero-order valence-electron chi connectivity index (χ0n) is 38.8. The second-order valence-corrected chi connectivity index (χ2v) is 18.6. The SMILES string of the molecule is c1ccc(N(c2ccc(-c3ccc4c(c3)c3ccccc3n4-c3ccccc3)cc2)c2ccc(-n3c4ccc(-c5ccc6ccccc6c5)cc4c4cc(-c5ccc6ccccc6c5)ccc43)cc2)cc1. The Morgan fingerprint density at radius 3 is 1.11 bits per heavy atom. The molecule has 0 atom stereocenters. The van der Waals surface area contributed by atoms with E-state index in [1.807, 2.05) is 0 Å². The minimum absolute atomic E-state index is 1.08. The van der Waals surface area contributed by atoms with E-state index in [1.54, 1.807) is 0 Å². The van der Waals surface area contributed by atoms with Crippen molar-refractivity contribution in [2.75, 3.05) is 4.90 Å². The predicted octanol–water partition coefficient (Wildman–Crippen LogP) is 18.7. The third kappa shape index (κ3) is 6.97. The highest BCUT2D eigenvalue weighted by Gasteiger charge is 2.19. The second-order valence-electron chi connectivity index (χ2n) is 18.6. The Bertz CT molecular complexity index is 4180. The van der Waals surface area contributed by atoms with E-state index < -0.39 is 0 Å². The van der Waals surface area contributed by atoms with E-state index in [1.165, 1.54) is 98.5 Å². The molecule has 0 N–H and O–H groups in total. The molecule has 0 bridgehead atoms. The van der Waals surface area contributed by atoms with Crippen molar-refractivity contribution in [1.82, 2.24) is 9.13 Å². The number of aromatic nitrogens is 2. The number of para-hydroxylation sites is 3. The van der Waals surface area contributed by atoms with Crippen LogP contribution in [0.2, 0.25) is 0 Å². The number of anilines is 3. The Labute approximate surface area is 412 Å². The summed E-state index contributed by atoms with van der Waals surface area (Å²) < 4.78 is 4.80. The molecule has 14 rings (SSSR count). The number of hydrogen-bond donors (Lipinski definition) is 0. The van der Waals surface area contributed by atoms with Gasteiger partial charge in [0, 0.05) is 50.0 Å². The largest absolute Gasteiger partial charge is 0.311 e. The summed E-state index contributed by atoms with van der Waals surface area (Å²) >= 11 is 0. The summed E-state index contributed by atoms with van der Waals surface area (Å²) in [5.41, 5.74) is 17.5. The fourth-order valence-electron chi connectivity index (χ4n) is 11.0. The maximum atomic E-state index is 2.43. The van der Waals surface area contributed by atoms with Gasteiger partial charge >= 0.3 is 0 Å². The van der Waals surface area contributed by atoms with Crippen molar-refractivity contribution in [2.45, 2.75) is 0 Å². The molecule has 12 aromatic carbocycles. The summed E-state index contributed by atoms with van der Waals surface area (Å²) in [7, 11) is 0. The molecule has 0 spiro atoms. The van der Waals surface area contributed by atoms with Crippen LogP contribution in [0.3, 0.4) is 0 Å². The Morgan fingerprint density at radius 2 is 0.563 bits per heavy atom. The fraction of sp³-hybridized carbons (Fsp3) is 0. The van der Waals surface area contributed by atoms with Gasteiger partial charge in [0.15, 0.2) is 0 Å². The number of rotatable bonds is 8. The lowest BCUT2D eigenvalue weighted by atomic mass is 9.98. The Morgan fingerprint density at radius 1 is 0.211 bits per heavy atom. The van der Waals surface area contributed by atoms with E-state index >= 15 is 0 Å². The minimum Gasteiger partial charge on any atom is -0.311 e. The molecule has 3 heteroatoms. The lowest BCUT2D eigenvalue weighted by molar-refractivity contribution is 1.17. The summed E-state index contributed by atoms with van der Waals surface area (Å²) in [5, 5.41) is 9.93. The molecule has 0 aliphatic carbocycles. The van der Waals surface area contributed by atoms with Gasteiger partial charge in [0.25, 0.3) is 0 Å². The lowest BCUT2D eigenvalue weighted by Crippen LogP contribution is -2.10. The third-order valence-electron chi connectivity index (χ3n) is 14.5. The Balaban J connectivity index is 0.852. The normalized spacial score (nSPS) is 11.7. The van der Waals surface area contributed by atoms with Crippen LogP contribution in [0.15, 0.2) is 273 Å². The van der Waals surface area contributed by atoms with Gasteiger partial charge < -0.3 is 14.0 Å². The van der Waals surface area contributed by atoms with Crippen molar-refractivity contribution in [3.63, 3.8) is 0 Å². The van der Waals surface area contributed by atoms with Gasteiger partial charge in [-0.05, 0) is 170 Å². The molecule has 0 unspecified atom stereocenters. The molecule has 0 fully saturated rings. The van der Waals surface area contributed by atoms with Crippen molar-refractivity contribution in [3.05, 3.63) is 273 Å². The first-order valence-electron chi connectivity index (χ1n) is 24.4. The number of hydrogen-bond acceptors (Lipinski definition) is 1. The van der Waals surface area contributed by atoms with Crippen molar-refractivity contribution in [2.24, 2.45) is 0 Å². The molecule has 0 saturated carbocycles. The number of benzene rings is 12. The predicted molar refractivity (Wildman–Crippen MR) is 301 cm³/mol. The summed E-state index contributed by atoms with van der Waals surface area (Å²) in [6.07, 6.45) is 0. The highest BCUT2D eigenvalue weighted by atomic mass is 15.1. The average molecular weight is 904 g/mol. The molecule has 0 aliphatic rings. The minimum atomic E-state index is 1.08. The quantitative estimate of drug-likeness (QED) is 0.148. The van der Waals surface area contributed by atoms with Crippen molar-refractivity contribution in [3.8, 4) is 44.8 Å². The molecule has 0 amide bonds. The van der Waals surface area contributed by atoms with Gasteiger partial charge in [0.2, 0.25) is 0 Å². The number of nitrogens with zero attached hydrogens (tertiary/aromatic N) is 3. The van der Waals surface area contributed by atoms with Gasteiger partial charge in [0.1, 0.15) is 0 Å². The molecular weight excluding hydrogens is 859 g/mol.